The van der Waals surface area contributed by atoms with Crippen LogP contribution in [0.1, 0.15) is 18.1 Å². The van der Waals surface area contributed by atoms with E-state index in [9.17, 15) is 14.7 Å². The van der Waals surface area contributed by atoms with Gasteiger partial charge in [0, 0.05) is 6.54 Å². The molecule has 0 aliphatic carbocycles. The Hall–Kier alpha value is -2.61. The number of amides is 2. The van der Waals surface area contributed by atoms with Gasteiger partial charge in [0.2, 0.25) is 11.8 Å². The number of aromatic hydroxyl groups is 1. The first-order valence-electron chi connectivity index (χ1n) is 8.61. The van der Waals surface area contributed by atoms with Crippen molar-refractivity contribution in [3.63, 3.8) is 0 Å². The highest BCUT2D eigenvalue weighted by atomic mass is 35.5. The lowest BCUT2D eigenvalue weighted by Gasteiger charge is -2.17. The van der Waals surface area contributed by atoms with Crippen LogP contribution in [0.15, 0.2) is 54.6 Å². The molecule has 2 amide bonds. The van der Waals surface area contributed by atoms with Gasteiger partial charge in [-0.2, -0.15) is 0 Å². The first kappa shape index (κ1) is 25.4. The van der Waals surface area contributed by atoms with Crippen molar-refractivity contribution in [2.45, 2.75) is 31.8 Å². The molecule has 2 atom stereocenters. The van der Waals surface area contributed by atoms with Crippen molar-refractivity contribution in [3.05, 3.63) is 65.7 Å². The van der Waals surface area contributed by atoms with Gasteiger partial charge in [0.25, 0.3) is 0 Å². The second-order valence-corrected chi connectivity index (χ2v) is 6.23. The molecule has 2 aromatic rings. The van der Waals surface area contributed by atoms with E-state index in [-0.39, 0.29) is 35.4 Å². The van der Waals surface area contributed by atoms with Gasteiger partial charge in [-0.3, -0.25) is 9.59 Å². The van der Waals surface area contributed by atoms with Gasteiger partial charge in [-0.25, -0.2) is 0 Å². The lowest BCUT2D eigenvalue weighted by atomic mass is 10.1. The highest BCUT2D eigenvalue weighted by Crippen LogP contribution is 2.11. The summed E-state index contributed by atoms with van der Waals surface area (Å²) in [6, 6.07) is 14.9. The molecular formula is C20H28ClN3O4. The quantitative estimate of drug-likeness (QED) is 0.510. The summed E-state index contributed by atoms with van der Waals surface area (Å²) in [6.45, 7) is 2.13. The molecule has 8 heteroatoms. The second-order valence-electron chi connectivity index (χ2n) is 6.23. The molecule has 0 heterocycles. The summed E-state index contributed by atoms with van der Waals surface area (Å²) in [6.07, 6.45) is 1.06. The summed E-state index contributed by atoms with van der Waals surface area (Å²) in [7, 11) is 0. The van der Waals surface area contributed by atoms with Crippen LogP contribution in [-0.4, -0.2) is 41.0 Å². The van der Waals surface area contributed by atoms with E-state index >= 15 is 0 Å². The van der Waals surface area contributed by atoms with Crippen LogP contribution in [0.4, 0.5) is 0 Å². The van der Waals surface area contributed by atoms with Gasteiger partial charge < -0.3 is 26.9 Å². The highest BCUT2D eigenvalue weighted by Gasteiger charge is 2.20. The molecule has 0 fully saturated rings. The van der Waals surface area contributed by atoms with E-state index in [1.807, 2.05) is 30.3 Å². The number of hydrogen-bond donors (Lipinski definition) is 4. The second kappa shape index (κ2) is 12.7. The van der Waals surface area contributed by atoms with E-state index in [1.165, 1.54) is 0 Å². The zero-order valence-electron chi connectivity index (χ0n) is 15.7. The van der Waals surface area contributed by atoms with Crippen LogP contribution >= 0.6 is 12.4 Å². The summed E-state index contributed by atoms with van der Waals surface area (Å²) in [4.78, 5) is 24.3. The minimum Gasteiger partial charge on any atom is -0.508 e. The Morgan fingerprint density at radius 2 is 1.61 bits per heavy atom. The Labute approximate surface area is 171 Å². The minimum atomic E-state index is -0.765. The smallest absolute Gasteiger partial charge is 0.242 e. The molecule has 0 saturated heterocycles. The first-order chi connectivity index (χ1) is 12.5. The third kappa shape index (κ3) is 8.39. The van der Waals surface area contributed by atoms with E-state index in [1.54, 1.807) is 31.2 Å². The van der Waals surface area contributed by atoms with E-state index < -0.39 is 12.1 Å². The summed E-state index contributed by atoms with van der Waals surface area (Å²) in [5.74, 6) is -0.470. The number of nitrogens with one attached hydrogen (secondary N) is 2. The van der Waals surface area contributed by atoms with Crippen molar-refractivity contribution in [2.24, 2.45) is 5.73 Å². The van der Waals surface area contributed by atoms with Crippen LogP contribution < -0.4 is 16.4 Å². The standard InChI is InChI=1S/C20H25N3O3.ClH.H2O/c1-14(19(25)22-12-11-15-5-3-2-4-6-15)23-20(26)18(21)13-16-7-9-17(24)10-8-16;;/h2-10,14,18,24H,11-13,21H2,1H3,(H,22,25)(H,23,26);1H;1H2/t14-,18+;;/m1../s1. The molecule has 2 aromatic carbocycles. The topological polar surface area (TPSA) is 136 Å². The normalized spacial score (nSPS) is 11.9. The molecule has 0 unspecified atom stereocenters. The summed E-state index contributed by atoms with van der Waals surface area (Å²) in [5, 5.41) is 14.7. The Morgan fingerprint density at radius 1 is 1.00 bits per heavy atom. The van der Waals surface area contributed by atoms with Crippen molar-refractivity contribution in [2.75, 3.05) is 6.54 Å². The van der Waals surface area contributed by atoms with E-state index in [0.29, 0.717) is 13.0 Å². The predicted octanol–water partition coefficient (Wildman–Crippen LogP) is 0.723. The molecule has 7 nitrogen and oxygen atoms in total. The maximum atomic E-state index is 12.2. The molecule has 0 radical (unpaired) electrons. The van der Waals surface area contributed by atoms with Gasteiger partial charge in [-0.05, 0) is 43.0 Å². The minimum absolute atomic E-state index is 0. The summed E-state index contributed by atoms with van der Waals surface area (Å²) in [5.41, 5.74) is 7.88. The molecule has 0 aromatic heterocycles. The Balaban J connectivity index is 0.00000364. The third-order valence-corrected chi connectivity index (χ3v) is 4.04. The Bertz CT molecular complexity index is 726. The first-order valence-corrected chi connectivity index (χ1v) is 8.61. The number of carbonyl (C=O) groups excluding carboxylic acids is 2. The van der Waals surface area contributed by atoms with Gasteiger partial charge in [0.05, 0.1) is 6.04 Å². The van der Waals surface area contributed by atoms with Gasteiger partial charge in [-0.15, -0.1) is 12.4 Å². The summed E-state index contributed by atoms with van der Waals surface area (Å²) < 4.78 is 0. The average Bonchev–Trinajstić information content (AvgIpc) is 2.64. The molecule has 2 rings (SSSR count). The van der Waals surface area contributed by atoms with Crippen LogP contribution in [-0.2, 0) is 22.4 Å². The van der Waals surface area contributed by atoms with Crippen LogP contribution in [0.2, 0.25) is 0 Å². The third-order valence-electron chi connectivity index (χ3n) is 4.04. The maximum Gasteiger partial charge on any atom is 0.242 e. The van der Waals surface area contributed by atoms with Crippen LogP contribution in [0.3, 0.4) is 0 Å². The van der Waals surface area contributed by atoms with Crippen LogP contribution in [0.5, 0.6) is 5.75 Å². The maximum absolute atomic E-state index is 12.2. The van der Waals surface area contributed by atoms with Gasteiger partial charge >= 0.3 is 0 Å². The summed E-state index contributed by atoms with van der Waals surface area (Å²) >= 11 is 0. The number of hydrogen-bond acceptors (Lipinski definition) is 4. The van der Waals surface area contributed by atoms with Crippen LogP contribution in [0.25, 0.3) is 0 Å². The van der Waals surface area contributed by atoms with E-state index in [0.717, 1.165) is 17.5 Å². The lowest BCUT2D eigenvalue weighted by Crippen LogP contribution is -2.51. The number of rotatable bonds is 8. The fourth-order valence-corrected chi connectivity index (χ4v) is 2.49. The molecular weight excluding hydrogens is 382 g/mol. The molecule has 154 valence electrons. The van der Waals surface area contributed by atoms with Crippen molar-refractivity contribution < 1.29 is 20.2 Å². The number of halogens is 1. The molecule has 0 bridgehead atoms. The van der Waals surface area contributed by atoms with Gasteiger partial charge in [-0.1, -0.05) is 42.5 Å². The molecule has 0 spiro atoms. The molecule has 7 N–H and O–H groups in total. The average molecular weight is 410 g/mol. The molecule has 0 saturated carbocycles. The van der Waals surface area contributed by atoms with E-state index in [4.69, 9.17) is 5.73 Å². The van der Waals surface area contributed by atoms with Crippen molar-refractivity contribution in [1.29, 1.82) is 0 Å². The number of benzene rings is 2. The molecule has 0 aliphatic rings. The number of nitrogens with two attached hydrogens (primary N) is 1. The van der Waals surface area contributed by atoms with Gasteiger partial charge in [0.1, 0.15) is 11.8 Å². The monoisotopic (exact) mass is 409 g/mol. The number of phenols is 1. The molecule has 28 heavy (non-hydrogen) atoms. The number of phenolic OH excluding ortho intramolecular Hbond substituents is 1. The van der Waals surface area contributed by atoms with Crippen LogP contribution in [0, 0.1) is 0 Å². The largest absolute Gasteiger partial charge is 0.508 e. The van der Waals surface area contributed by atoms with Crippen molar-refractivity contribution in [3.8, 4) is 5.75 Å². The fraction of sp³-hybridized carbons (Fsp3) is 0.300. The Kier molecular flexibility index (Phi) is 11.5. The Morgan fingerprint density at radius 3 is 2.21 bits per heavy atom. The SMILES string of the molecule is C[C@@H](NC(=O)[C@@H](N)Cc1ccc(O)cc1)C(=O)NCCc1ccccc1.Cl.O. The zero-order valence-corrected chi connectivity index (χ0v) is 16.5. The highest BCUT2D eigenvalue weighted by molar-refractivity contribution is 5.89. The van der Waals surface area contributed by atoms with Gasteiger partial charge in [0.15, 0.2) is 0 Å². The van der Waals surface area contributed by atoms with Crippen molar-refractivity contribution in [1.82, 2.24) is 10.6 Å². The number of carbonyl (C=O) groups is 2. The molecule has 0 aliphatic heterocycles. The fourth-order valence-electron chi connectivity index (χ4n) is 2.49. The van der Waals surface area contributed by atoms with Crippen molar-refractivity contribution >= 4 is 24.2 Å². The zero-order chi connectivity index (χ0) is 18.9. The predicted molar refractivity (Wildman–Crippen MR) is 111 cm³/mol. The lowest BCUT2D eigenvalue weighted by molar-refractivity contribution is -0.129. The van der Waals surface area contributed by atoms with E-state index in [2.05, 4.69) is 10.6 Å².